The first kappa shape index (κ1) is 18.9. The van der Waals surface area contributed by atoms with E-state index in [0.717, 1.165) is 0 Å². The number of cyclic esters (lactones) is 2. The summed E-state index contributed by atoms with van der Waals surface area (Å²) < 4.78 is 14.9. The number of aliphatic hydroxyl groups excluding tert-OH is 1. The quantitative estimate of drug-likeness (QED) is 0.800. The molecule has 128 valence electrons. The van der Waals surface area contributed by atoms with Crippen LogP contribution in [0.1, 0.15) is 47.5 Å². The summed E-state index contributed by atoms with van der Waals surface area (Å²) >= 11 is 0. The smallest absolute Gasteiger partial charge is 0.308 e. The van der Waals surface area contributed by atoms with Crippen LogP contribution in [0.15, 0.2) is 0 Å². The molecule has 0 aromatic heterocycles. The van der Waals surface area contributed by atoms with Crippen LogP contribution in [0.3, 0.4) is 0 Å². The molecule has 0 radical (unpaired) electrons. The van der Waals surface area contributed by atoms with E-state index in [4.69, 9.17) is 14.6 Å². The Morgan fingerprint density at radius 2 is 1.55 bits per heavy atom. The molecule has 0 aliphatic carbocycles. The zero-order valence-electron chi connectivity index (χ0n) is 14.1. The number of carbonyl (C=O) groups is 2. The molecule has 1 N–H and O–H groups in total. The van der Waals surface area contributed by atoms with E-state index in [1.807, 2.05) is 20.8 Å². The van der Waals surface area contributed by atoms with Crippen molar-refractivity contribution in [3.63, 3.8) is 0 Å². The zero-order chi connectivity index (χ0) is 16.9. The fraction of sp³-hybridized carbons (Fsp3) is 0.875. The molecule has 0 aromatic rings. The average Bonchev–Trinajstić information content (AvgIpc) is 2.93. The number of ether oxygens (including phenoxy) is 3. The summed E-state index contributed by atoms with van der Waals surface area (Å²) in [5.41, 5.74) is 0. The number of aliphatic hydroxyl groups is 1. The van der Waals surface area contributed by atoms with Gasteiger partial charge >= 0.3 is 11.9 Å². The molecule has 0 aromatic carbocycles. The number of carbonyl (C=O) groups excluding carboxylic acids is 2. The Bertz CT molecular complexity index is 379. The van der Waals surface area contributed by atoms with Crippen molar-refractivity contribution in [1.29, 1.82) is 0 Å². The molecule has 0 saturated carbocycles. The minimum absolute atomic E-state index is 0.00694. The summed E-state index contributed by atoms with van der Waals surface area (Å²) in [5.74, 6) is 0.553. The maximum absolute atomic E-state index is 10.9. The zero-order valence-corrected chi connectivity index (χ0v) is 14.1. The number of rotatable bonds is 4. The maximum Gasteiger partial charge on any atom is 0.308 e. The molecule has 0 spiro atoms. The predicted octanol–water partition coefficient (Wildman–Crippen LogP) is 2.09. The van der Waals surface area contributed by atoms with Gasteiger partial charge in [-0.15, -0.1) is 0 Å². The van der Waals surface area contributed by atoms with Crippen molar-refractivity contribution >= 4 is 11.9 Å². The van der Waals surface area contributed by atoms with Gasteiger partial charge in [0, 0.05) is 18.4 Å². The molecule has 6 heteroatoms. The highest BCUT2D eigenvalue weighted by molar-refractivity contribution is 5.72. The monoisotopic (exact) mass is 316 g/mol. The van der Waals surface area contributed by atoms with Crippen LogP contribution >= 0.6 is 0 Å². The molecule has 0 amide bonds. The minimum Gasteiger partial charge on any atom is -0.436 e. The molecule has 2 aliphatic heterocycles. The molecular weight excluding hydrogens is 288 g/mol. The summed E-state index contributed by atoms with van der Waals surface area (Å²) in [4.78, 5) is 21.5. The van der Waals surface area contributed by atoms with Crippen LogP contribution < -0.4 is 0 Å². The van der Waals surface area contributed by atoms with Gasteiger partial charge in [0.25, 0.3) is 0 Å². The van der Waals surface area contributed by atoms with Crippen molar-refractivity contribution in [2.75, 3.05) is 6.61 Å². The van der Waals surface area contributed by atoms with Crippen molar-refractivity contribution < 1.29 is 28.9 Å². The van der Waals surface area contributed by atoms with E-state index in [-0.39, 0.29) is 30.1 Å². The van der Waals surface area contributed by atoms with Crippen LogP contribution in [0.25, 0.3) is 0 Å². The Hall–Kier alpha value is -1.14. The highest BCUT2D eigenvalue weighted by Gasteiger charge is 2.37. The van der Waals surface area contributed by atoms with Crippen LogP contribution in [-0.2, 0) is 23.8 Å². The van der Waals surface area contributed by atoms with E-state index >= 15 is 0 Å². The van der Waals surface area contributed by atoms with Crippen LogP contribution in [0.5, 0.6) is 0 Å². The topological polar surface area (TPSA) is 82.1 Å². The molecular formula is C16H28O6. The molecule has 0 bridgehead atoms. The second-order valence-corrected chi connectivity index (χ2v) is 6.42. The van der Waals surface area contributed by atoms with Gasteiger partial charge in [0.05, 0.1) is 12.8 Å². The Morgan fingerprint density at radius 1 is 1.05 bits per heavy atom. The molecule has 4 atom stereocenters. The van der Waals surface area contributed by atoms with Crippen molar-refractivity contribution in [3.8, 4) is 0 Å². The van der Waals surface area contributed by atoms with Crippen LogP contribution in [-0.4, -0.2) is 36.2 Å². The predicted molar refractivity (Wildman–Crippen MR) is 79.5 cm³/mol. The summed E-state index contributed by atoms with van der Waals surface area (Å²) in [5, 5.41) is 9.09. The highest BCUT2D eigenvalue weighted by Crippen LogP contribution is 2.29. The first-order chi connectivity index (χ1) is 10.3. The van der Waals surface area contributed by atoms with E-state index in [0.29, 0.717) is 31.3 Å². The van der Waals surface area contributed by atoms with Crippen molar-refractivity contribution in [1.82, 2.24) is 0 Å². The molecule has 6 nitrogen and oxygen atoms in total. The summed E-state index contributed by atoms with van der Waals surface area (Å²) in [6.07, 6.45) is -0.309. The number of hydrogen-bond acceptors (Lipinski definition) is 6. The Labute approximate surface area is 132 Å². The van der Waals surface area contributed by atoms with E-state index in [2.05, 4.69) is 18.6 Å². The van der Waals surface area contributed by atoms with Crippen molar-refractivity contribution in [2.24, 2.45) is 23.7 Å². The fourth-order valence-electron chi connectivity index (χ4n) is 2.55. The Kier molecular flexibility index (Phi) is 7.29. The largest absolute Gasteiger partial charge is 0.436 e. The lowest BCUT2D eigenvalue weighted by molar-refractivity contribution is -0.168. The average molecular weight is 316 g/mol. The molecule has 22 heavy (non-hydrogen) atoms. The standard InChI is InChI=1S/C9H16O3.C7H12O3/c1-4-11-9-7(6(2)3)5-8(10)12-9;1-4(2)5-3-6(8)10-7(5)9/h6-7,9H,4-5H2,1-3H3;4-5,7,9H,3H2,1-2H3/t7-,9-;5-,7-/m11/s1. The van der Waals surface area contributed by atoms with E-state index in [1.54, 1.807) is 0 Å². The summed E-state index contributed by atoms with van der Waals surface area (Å²) in [6.45, 7) is 10.6. The van der Waals surface area contributed by atoms with Gasteiger partial charge in [0.2, 0.25) is 12.6 Å². The van der Waals surface area contributed by atoms with Gasteiger partial charge in [-0.3, -0.25) is 9.59 Å². The Balaban J connectivity index is 0.000000224. The van der Waals surface area contributed by atoms with Crippen LogP contribution in [0.2, 0.25) is 0 Å². The molecule has 2 saturated heterocycles. The summed E-state index contributed by atoms with van der Waals surface area (Å²) in [7, 11) is 0. The number of esters is 2. The lowest BCUT2D eigenvalue weighted by Gasteiger charge is -2.19. The molecule has 2 fully saturated rings. The molecule has 2 rings (SSSR count). The van der Waals surface area contributed by atoms with E-state index < -0.39 is 6.29 Å². The Morgan fingerprint density at radius 3 is 1.91 bits per heavy atom. The van der Waals surface area contributed by atoms with Gasteiger partial charge in [0.15, 0.2) is 0 Å². The van der Waals surface area contributed by atoms with Gasteiger partial charge in [-0.2, -0.15) is 0 Å². The van der Waals surface area contributed by atoms with Gasteiger partial charge in [-0.25, -0.2) is 0 Å². The van der Waals surface area contributed by atoms with Crippen molar-refractivity contribution in [3.05, 3.63) is 0 Å². The highest BCUT2D eigenvalue weighted by atomic mass is 16.7. The minimum atomic E-state index is -0.868. The summed E-state index contributed by atoms with van der Waals surface area (Å²) in [6, 6.07) is 0. The lowest BCUT2D eigenvalue weighted by Crippen LogP contribution is -2.23. The molecule has 2 heterocycles. The third-order valence-corrected chi connectivity index (χ3v) is 4.06. The lowest BCUT2D eigenvalue weighted by atomic mass is 9.94. The second-order valence-electron chi connectivity index (χ2n) is 6.42. The van der Waals surface area contributed by atoms with Crippen molar-refractivity contribution in [2.45, 2.75) is 60.0 Å². The first-order valence-corrected chi connectivity index (χ1v) is 7.94. The van der Waals surface area contributed by atoms with Crippen LogP contribution in [0, 0.1) is 23.7 Å². The van der Waals surface area contributed by atoms with Gasteiger partial charge in [-0.05, 0) is 18.8 Å². The normalized spacial score (nSPS) is 31.1. The number of hydrogen-bond donors (Lipinski definition) is 1. The first-order valence-electron chi connectivity index (χ1n) is 7.94. The third-order valence-electron chi connectivity index (χ3n) is 4.06. The van der Waals surface area contributed by atoms with Gasteiger partial charge in [0.1, 0.15) is 0 Å². The molecule has 2 aliphatic rings. The third kappa shape index (κ3) is 5.25. The SMILES string of the molecule is CC(C)[C@H]1CC(=O)O[C@H]1O.CCO[C@@H]1OC(=O)C[C@@H]1C(C)C. The van der Waals surface area contributed by atoms with Gasteiger partial charge in [-0.1, -0.05) is 27.7 Å². The molecule has 0 unspecified atom stereocenters. The van der Waals surface area contributed by atoms with E-state index in [9.17, 15) is 9.59 Å². The fourth-order valence-corrected chi connectivity index (χ4v) is 2.55. The second kappa shape index (κ2) is 8.48. The maximum atomic E-state index is 10.9. The van der Waals surface area contributed by atoms with Gasteiger partial charge < -0.3 is 19.3 Å². The van der Waals surface area contributed by atoms with Crippen LogP contribution in [0.4, 0.5) is 0 Å². The van der Waals surface area contributed by atoms with E-state index in [1.165, 1.54) is 0 Å².